The number of likely N-dealkylation sites (N-methyl/N-ethyl adjacent to an activating group) is 1. The Hall–Kier alpha value is -2.99. The number of carbonyl (C=O) groups is 3. The summed E-state index contributed by atoms with van der Waals surface area (Å²) in [6.07, 6.45) is 0.0809. The molecule has 2 N–H and O–H groups in total. The van der Waals surface area contributed by atoms with Gasteiger partial charge in [-0.05, 0) is 17.7 Å². The monoisotopic (exact) mass is 366 g/mol. The van der Waals surface area contributed by atoms with E-state index in [2.05, 4.69) is 5.32 Å². The van der Waals surface area contributed by atoms with Crippen molar-refractivity contribution < 1.29 is 19.3 Å². The fourth-order valence-electron chi connectivity index (χ4n) is 3.27. The minimum atomic E-state index is -0.333. The standard InChI is InChI=1S/C21H23N3O3/c1-23(2)14-18(15-8-4-3-5-9-15)22-19(25)12-13-24-20(26)16-10-6-7-11-17(16)21(24)27/h3-11,18H,12-14H2,1-2H3,(H,22,25)/p+1/t18-/m0/s1. The van der Waals surface area contributed by atoms with Crippen LogP contribution in [0, 0.1) is 0 Å². The summed E-state index contributed by atoms with van der Waals surface area (Å²) in [6, 6.07) is 16.4. The smallest absolute Gasteiger partial charge is 0.261 e. The van der Waals surface area contributed by atoms with Crippen LogP contribution in [-0.4, -0.2) is 49.8 Å². The molecule has 0 saturated heterocycles. The molecule has 0 radical (unpaired) electrons. The van der Waals surface area contributed by atoms with E-state index in [1.165, 1.54) is 4.90 Å². The first-order valence-electron chi connectivity index (χ1n) is 9.06. The Morgan fingerprint density at radius 3 is 2.07 bits per heavy atom. The molecule has 6 nitrogen and oxygen atoms in total. The average Bonchev–Trinajstić information content (AvgIpc) is 2.91. The van der Waals surface area contributed by atoms with E-state index in [0.717, 1.165) is 17.0 Å². The van der Waals surface area contributed by atoms with Crippen molar-refractivity contribution in [2.24, 2.45) is 0 Å². The fourth-order valence-corrected chi connectivity index (χ4v) is 3.27. The second-order valence-electron chi connectivity index (χ2n) is 7.00. The molecule has 0 spiro atoms. The Balaban J connectivity index is 1.62. The van der Waals surface area contributed by atoms with Crippen LogP contribution >= 0.6 is 0 Å². The van der Waals surface area contributed by atoms with Crippen molar-refractivity contribution in [1.29, 1.82) is 0 Å². The number of rotatable bonds is 7. The van der Waals surface area contributed by atoms with Crippen molar-refractivity contribution in [2.75, 3.05) is 27.2 Å². The first-order valence-corrected chi connectivity index (χ1v) is 9.06. The highest BCUT2D eigenvalue weighted by Crippen LogP contribution is 2.22. The molecule has 3 amide bonds. The van der Waals surface area contributed by atoms with Crippen molar-refractivity contribution >= 4 is 17.7 Å². The number of carbonyl (C=O) groups excluding carboxylic acids is 3. The van der Waals surface area contributed by atoms with Crippen LogP contribution in [0.15, 0.2) is 54.6 Å². The van der Waals surface area contributed by atoms with Crippen LogP contribution in [0.1, 0.15) is 38.7 Å². The molecule has 140 valence electrons. The minimum absolute atomic E-state index is 0.0779. The molecule has 3 rings (SSSR count). The predicted molar refractivity (Wildman–Crippen MR) is 101 cm³/mol. The van der Waals surface area contributed by atoms with Crippen molar-refractivity contribution in [3.8, 4) is 0 Å². The Morgan fingerprint density at radius 1 is 0.963 bits per heavy atom. The maximum Gasteiger partial charge on any atom is 0.261 e. The lowest BCUT2D eigenvalue weighted by molar-refractivity contribution is -0.860. The molecular weight excluding hydrogens is 342 g/mol. The van der Waals surface area contributed by atoms with E-state index < -0.39 is 0 Å². The maximum atomic E-state index is 12.5. The Morgan fingerprint density at radius 2 is 1.52 bits per heavy atom. The quantitative estimate of drug-likeness (QED) is 0.708. The van der Waals surface area contributed by atoms with Gasteiger partial charge in [-0.3, -0.25) is 19.3 Å². The summed E-state index contributed by atoms with van der Waals surface area (Å²) in [4.78, 5) is 39.6. The third-order valence-electron chi connectivity index (χ3n) is 4.59. The topological polar surface area (TPSA) is 70.9 Å². The molecule has 2 aromatic carbocycles. The van der Waals surface area contributed by atoms with Crippen LogP contribution in [0.5, 0.6) is 0 Å². The van der Waals surface area contributed by atoms with Crippen LogP contribution < -0.4 is 10.2 Å². The van der Waals surface area contributed by atoms with Gasteiger partial charge in [0.15, 0.2) is 0 Å². The first kappa shape index (κ1) is 18.8. The summed E-state index contributed by atoms with van der Waals surface area (Å²) < 4.78 is 0. The first-order chi connectivity index (χ1) is 13.0. The van der Waals surface area contributed by atoms with Gasteiger partial charge in [0.25, 0.3) is 11.8 Å². The van der Waals surface area contributed by atoms with Crippen molar-refractivity contribution in [1.82, 2.24) is 10.2 Å². The number of fused-ring (bicyclic) bond motifs is 1. The van der Waals surface area contributed by atoms with E-state index in [0.29, 0.717) is 11.1 Å². The highest BCUT2D eigenvalue weighted by atomic mass is 16.2. The number of benzene rings is 2. The molecule has 1 aliphatic heterocycles. The molecule has 0 saturated carbocycles. The molecule has 1 heterocycles. The summed E-state index contributed by atoms with van der Waals surface area (Å²) in [7, 11) is 4.06. The summed E-state index contributed by atoms with van der Waals surface area (Å²) in [5.41, 5.74) is 1.84. The third-order valence-corrected chi connectivity index (χ3v) is 4.59. The number of quaternary nitrogens is 1. The summed E-state index contributed by atoms with van der Waals surface area (Å²) in [5, 5.41) is 3.03. The molecule has 6 heteroatoms. The van der Waals surface area contributed by atoms with Gasteiger partial charge in [0.2, 0.25) is 5.91 Å². The van der Waals surface area contributed by atoms with E-state index in [9.17, 15) is 14.4 Å². The second-order valence-corrected chi connectivity index (χ2v) is 7.00. The highest BCUT2D eigenvalue weighted by molar-refractivity contribution is 6.21. The van der Waals surface area contributed by atoms with Gasteiger partial charge in [-0.1, -0.05) is 42.5 Å². The van der Waals surface area contributed by atoms with Crippen molar-refractivity contribution in [3.05, 3.63) is 71.3 Å². The molecule has 2 aromatic rings. The fraction of sp³-hybridized carbons (Fsp3) is 0.286. The van der Waals surface area contributed by atoms with Gasteiger partial charge in [-0.2, -0.15) is 0 Å². The maximum absolute atomic E-state index is 12.5. The number of hydrogen-bond acceptors (Lipinski definition) is 3. The number of nitrogens with one attached hydrogen (secondary N) is 2. The van der Waals surface area contributed by atoms with Gasteiger partial charge in [0.1, 0.15) is 12.6 Å². The van der Waals surface area contributed by atoms with Gasteiger partial charge in [-0.25, -0.2) is 0 Å². The third kappa shape index (κ3) is 4.23. The van der Waals surface area contributed by atoms with Crippen molar-refractivity contribution in [3.63, 3.8) is 0 Å². The van der Waals surface area contributed by atoms with Gasteiger partial charge in [-0.15, -0.1) is 0 Å². The molecule has 0 aliphatic carbocycles. The number of nitrogens with zero attached hydrogens (tertiary/aromatic N) is 1. The summed E-state index contributed by atoms with van der Waals surface area (Å²) >= 11 is 0. The van der Waals surface area contributed by atoms with Crippen LogP contribution in [0.4, 0.5) is 0 Å². The molecule has 1 aliphatic rings. The molecular formula is C21H24N3O3+. The van der Waals surface area contributed by atoms with Crippen LogP contribution in [0.2, 0.25) is 0 Å². The van der Waals surface area contributed by atoms with E-state index in [1.54, 1.807) is 24.3 Å². The Kier molecular flexibility index (Phi) is 5.66. The minimum Gasteiger partial charge on any atom is -0.344 e. The average molecular weight is 366 g/mol. The number of imide groups is 1. The molecule has 0 aromatic heterocycles. The van der Waals surface area contributed by atoms with Gasteiger partial charge >= 0.3 is 0 Å². The van der Waals surface area contributed by atoms with E-state index in [1.807, 2.05) is 44.4 Å². The van der Waals surface area contributed by atoms with E-state index in [4.69, 9.17) is 0 Å². The summed E-state index contributed by atoms with van der Waals surface area (Å²) in [5.74, 6) is -0.844. The lowest BCUT2D eigenvalue weighted by atomic mass is 10.1. The lowest BCUT2D eigenvalue weighted by Gasteiger charge is -2.21. The SMILES string of the molecule is C[NH+](C)C[C@H](NC(=O)CCN1C(=O)c2ccccc2C1=O)c1ccccc1. The second kappa shape index (κ2) is 8.14. The van der Waals surface area contributed by atoms with Crippen LogP contribution in [-0.2, 0) is 4.79 Å². The lowest BCUT2D eigenvalue weighted by Crippen LogP contribution is -3.06. The molecule has 0 bridgehead atoms. The molecule has 0 unspecified atom stereocenters. The number of hydrogen-bond donors (Lipinski definition) is 2. The van der Waals surface area contributed by atoms with Crippen LogP contribution in [0.25, 0.3) is 0 Å². The van der Waals surface area contributed by atoms with Gasteiger partial charge in [0, 0.05) is 13.0 Å². The zero-order chi connectivity index (χ0) is 19.4. The van der Waals surface area contributed by atoms with Gasteiger partial charge < -0.3 is 10.2 Å². The van der Waals surface area contributed by atoms with Gasteiger partial charge in [0.05, 0.1) is 25.2 Å². The molecule has 0 fully saturated rings. The normalized spacial score (nSPS) is 14.4. The molecule has 1 atom stereocenters. The highest BCUT2D eigenvalue weighted by Gasteiger charge is 2.35. The van der Waals surface area contributed by atoms with E-state index in [-0.39, 0.29) is 36.7 Å². The Bertz CT molecular complexity index is 814. The predicted octanol–water partition coefficient (Wildman–Crippen LogP) is 0.675. The number of amides is 3. The van der Waals surface area contributed by atoms with Crippen molar-refractivity contribution in [2.45, 2.75) is 12.5 Å². The molecule has 27 heavy (non-hydrogen) atoms. The van der Waals surface area contributed by atoms with Crippen LogP contribution in [0.3, 0.4) is 0 Å². The largest absolute Gasteiger partial charge is 0.344 e. The summed E-state index contributed by atoms with van der Waals surface area (Å²) in [6.45, 7) is 0.817. The van der Waals surface area contributed by atoms with E-state index >= 15 is 0 Å². The zero-order valence-electron chi connectivity index (χ0n) is 15.6. The Labute approximate surface area is 158 Å². The zero-order valence-corrected chi connectivity index (χ0v) is 15.6.